The number of para-hydroxylation sites is 1. The second-order valence-corrected chi connectivity index (χ2v) is 8.35. The van der Waals surface area contributed by atoms with Gasteiger partial charge in [0.25, 0.3) is 0 Å². The zero-order valence-corrected chi connectivity index (χ0v) is 19.9. The molecule has 1 aliphatic carbocycles. The number of esters is 1. The van der Waals surface area contributed by atoms with E-state index in [1.807, 2.05) is 18.2 Å². The first-order valence-corrected chi connectivity index (χ1v) is 11.7. The van der Waals surface area contributed by atoms with Gasteiger partial charge in [-0.1, -0.05) is 44.2 Å². The number of hydrogen-bond acceptors (Lipinski definition) is 5. The molecule has 172 valence electrons. The summed E-state index contributed by atoms with van der Waals surface area (Å²) >= 11 is 0. The van der Waals surface area contributed by atoms with Gasteiger partial charge in [-0.25, -0.2) is 4.79 Å². The summed E-state index contributed by atoms with van der Waals surface area (Å²) in [6.07, 6.45) is 4.77. The van der Waals surface area contributed by atoms with Gasteiger partial charge in [0.05, 0.1) is 37.2 Å². The molecule has 0 radical (unpaired) electrons. The van der Waals surface area contributed by atoms with Crippen LogP contribution in [0.2, 0.25) is 0 Å². The highest BCUT2D eigenvalue weighted by molar-refractivity contribution is 5.95. The lowest BCUT2D eigenvalue weighted by Gasteiger charge is -2.29. The van der Waals surface area contributed by atoms with Gasteiger partial charge in [-0.15, -0.1) is 0 Å². The van der Waals surface area contributed by atoms with E-state index < -0.39 is 0 Å². The molecule has 5 heteroatoms. The predicted octanol–water partition coefficient (Wildman–Crippen LogP) is 6.16. The van der Waals surface area contributed by atoms with Crippen LogP contribution in [0, 0.1) is 0 Å². The zero-order chi connectivity index (χ0) is 23.4. The number of pyridine rings is 1. The molecule has 0 saturated carbocycles. The van der Waals surface area contributed by atoms with Crippen LogP contribution in [0.25, 0.3) is 11.3 Å². The summed E-state index contributed by atoms with van der Waals surface area (Å²) in [6, 6.07) is 16.1. The largest absolute Gasteiger partial charge is 0.496 e. The number of ether oxygens (including phenoxy) is 2. The molecule has 0 spiro atoms. The molecule has 0 saturated heterocycles. The lowest BCUT2D eigenvalue weighted by atomic mass is 9.88. The third-order valence-corrected chi connectivity index (χ3v) is 6.49. The van der Waals surface area contributed by atoms with Crippen LogP contribution in [0.4, 0.5) is 5.69 Å². The quantitative estimate of drug-likeness (QED) is 0.442. The Balaban J connectivity index is 1.79. The number of carbonyl (C=O) groups excluding carboxylic acids is 1. The fourth-order valence-electron chi connectivity index (χ4n) is 4.86. The van der Waals surface area contributed by atoms with Crippen molar-refractivity contribution in [2.45, 2.75) is 52.0 Å². The molecule has 1 aliphatic rings. The Morgan fingerprint density at radius 3 is 2.45 bits per heavy atom. The molecule has 3 aromatic rings. The Bertz CT molecular complexity index is 1120. The number of methoxy groups -OCH3 is 2. The smallest absolute Gasteiger partial charge is 0.339 e. The van der Waals surface area contributed by atoms with Gasteiger partial charge in [0.2, 0.25) is 0 Å². The van der Waals surface area contributed by atoms with Crippen LogP contribution in [-0.4, -0.2) is 25.2 Å². The van der Waals surface area contributed by atoms with Crippen LogP contribution in [0.3, 0.4) is 0 Å². The summed E-state index contributed by atoms with van der Waals surface area (Å²) < 4.78 is 10.9. The maximum atomic E-state index is 12.3. The van der Waals surface area contributed by atoms with E-state index in [1.165, 1.54) is 23.8 Å². The highest BCUT2D eigenvalue weighted by Crippen LogP contribution is 2.41. The molecular weight excluding hydrogens is 412 g/mol. The van der Waals surface area contributed by atoms with Gasteiger partial charge in [0.1, 0.15) is 5.75 Å². The third kappa shape index (κ3) is 4.45. The first-order valence-electron chi connectivity index (χ1n) is 11.7. The maximum absolute atomic E-state index is 12.3. The van der Waals surface area contributed by atoms with E-state index in [0.29, 0.717) is 5.56 Å². The number of fused-ring (bicyclic) bond motifs is 1. The van der Waals surface area contributed by atoms with E-state index in [4.69, 9.17) is 14.5 Å². The van der Waals surface area contributed by atoms with Crippen LogP contribution in [0.15, 0.2) is 48.5 Å². The lowest BCUT2D eigenvalue weighted by Crippen LogP contribution is -2.21. The molecule has 0 fully saturated rings. The van der Waals surface area contributed by atoms with Crippen molar-refractivity contribution in [3.63, 3.8) is 0 Å². The average molecular weight is 445 g/mol. The number of nitrogens with one attached hydrogen (secondary N) is 1. The van der Waals surface area contributed by atoms with Crippen LogP contribution in [0.1, 0.15) is 65.5 Å². The number of nitrogens with zero attached hydrogens (tertiary/aromatic N) is 1. The van der Waals surface area contributed by atoms with Gasteiger partial charge in [-0.3, -0.25) is 4.98 Å². The second-order valence-electron chi connectivity index (χ2n) is 8.35. The molecule has 33 heavy (non-hydrogen) atoms. The van der Waals surface area contributed by atoms with Crippen molar-refractivity contribution in [3.05, 3.63) is 76.5 Å². The topological polar surface area (TPSA) is 60.5 Å². The molecule has 1 atom stereocenters. The van der Waals surface area contributed by atoms with Gasteiger partial charge in [0.15, 0.2) is 0 Å². The van der Waals surface area contributed by atoms with E-state index in [9.17, 15) is 4.79 Å². The van der Waals surface area contributed by atoms with Crippen molar-refractivity contribution in [3.8, 4) is 17.0 Å². The molecule has 1 N–H and O–H groups in total. The molecule has 1 heterocycles. The highest BCUT2D eigenvalue weighted by Gasteiger charge is 2.28. The molecule has 0 bridgehead atoms. The van der Waals surface area contributed by atoms with Gasteiger partial charge in [-0.2, -0.15) is 0 Å². The summed E-state index contributed by atoms with van der Waals surface area (Å²) in [5.74, 6) is 0.494. The van der Waals surface area contributed by atoms with Crippen LogP contribution < -0.4 is 10.1 Å². The van der Waals surface area contributed by atoms with Gasteiger partial charge >= 0.3 is 5.97 Å². The summed E-state index contributed by atoms with van der Waals surface area (Å²) in [7, 11) is 3.13. The van der Waals surface area contributed by atoms with Crippen LogP contribution in [-0.2, 0) is 24.0 Å². The second kappa shape index (κ2) is 10.1. The average Bonchev–Trinajstić information content (AvgIpc) is 2.87. The molecule has 5 nitrogen and oxygen atoms in total. The number of hydrogen-bond donors (Lipinski definition) is 1. The maximum Gasteiger partial charge on any atom is 0.339 e. The van der Waals surface area contributed by atoms with E-state index >= 15 is 0 Å². The van der Waals surface area contributed by atoms with Gasteiger partial charge in [0, 0.05) is 22.9 Å². The lowest BCUT2D eigenvalue weighted by molar-refractivity contribution is 0.0601. The van der Waals surface area contributed by atoms with E-state index in [1.54, 1.807) is 13.2 Å². The van der Waals surface area contributed by atoms with Crippen LogP contribution >= 0.6 is 0 Å². The predicted molar refractivity (Wildman–Crippen MR) is 132 cm³/mol. The first kappa shape index (κ1) is 22.8. The van der Waals surface area contributed by atoms with Crippen molar-refractivity contribution >= 4 is 11.7 Å². The minimum absolute atomic E-state index is 0.00289. The molecule has 0 aliphatic heterocycles. The zero-order valence-electron chi connectivity index (χ0n) is 19.9. The van der Waals surface area contributed by atoms with E-state index in [2.05, 4.69) is 43.4 Å². The van der Waals surface area contributed by atoms with Gasteiger partial charge in [-0.05, 0) is 55.4 Å². The molecule has 2 aromatic carbocycles. The number of carbonyl (C=O) groups is 1. The van der Waals surface area contributed by atoms with E-state index in [-0.39, 0.29) is 12.0 Å². The molecular formula is C28H32N2O3. The fraction of sp³-hybridized carbons (Fsp3) is 0.357. The summed E-state index contributed by atoms with van der Waals surface area (Å²) in [6.45, 7) is 4.37. The normalized spacial score (nSPS) is 15.0. The van der Waals surface area contributed by atoms with Crippen LogP contribution in [0.5, 0.6) is 5.75 Å². The van der Waals surface area contributed by atoms with Gasteiger partial charge < -0.3 is 14.8 Å². The SMILES string of the molecule is CCc1cccc(CC)c1-c1cc(OC)c2c(n1)CCCC2Nc1ccccc1C(=O)OC. The van der Waals surface area contributed by atoms with Crippen molar-refractivity contribution in [1.82, 2.24) is 4.98 Å². The summed E-state index contributed by atoms with van der Waals surface area (Å²) in [5.41, 5.74) is 8.27. The van der Waals surface area contributed by atoms with Crippen molar-refractivity contribution in [2.75, 3.05) is 19.5 Å². The minimum Gasteiger partial charge on any atom is -0.496 e. The number of aryl methyl sites for hydroxylation is 3. The minimum atomic E-state index is -0.349. The van der Waals surface area contributed by atoms with Crippen molar-refractivity contribution in [2.24, 2.45) is 0 Å². The number of anilines is 1. The number of benzene rings is 2. The third-order valence-electron chi connectivity index (χ3n) is 6.49. The van der Waals surface area contributed by atoms with E-state index in [0.717, 1.165) is 60.5 Å². The van der Waals surface area contributed by atoms with Crippen molar-refractivity contribution < 1.29 is 14.3 Å². The fourth-order valence-corrected chi connectivity index (χ4v) is 4.86. The molecule has 1 aromatic heterocycles. The Morgan fingerprint density at radius 1 is 1.06 bits per heavy atom. The highest BCUT2D eigenvalue weighted by atomic mass is 16.5. The number of rotatable bonds is 7. The monoisotopic (exact) mass is 444 g/mol. The summed E-state index contributed by atoms with van der Waals surface area (Å²) in [5, 5.41) is 3.58. The standard InChI is InChI=1S/C28H32N2O3/c1-5-18-11-9-12-19(6-2)26(18)24-17-25(32-3)27-22(15-10-16-23(27)30-24)29-21-14-8-7-13-20(21)28(31)33-4/h7-9,11-14,17,22,29H,5-6,10,15-16H2,1-4H3. The summed E-state index contributed by atoms with van der Waals surface area (Å²) in [4.78, 5) is 17.4. The number of aromatic nitrogens is 1. The van der Waals surface area contributed by atoms with Crippen molar-refractivity contribution in [1.29, 1.82) is 0 Å². The Morgan fingerprint density at radius 2 is 1.79 bits per heavy atom. The molecule has 0 amide bonds. The Hall–Kier alpha value is -3.34. The Kier molecular flexibility index (Phi) is 6.97. The Labute approximate surface area is 196 Å². The molecule has 4 rings (SSSR count). The first-order chi connectivity index (χ1) is 16.1. The molecule has 1 unspecified atom stereocenters.